The molecule has 0 bridgehead atoms. The summed E-state index contributed by atoms with van der Waals surface area (Å²) in [6.07, 6.45) is 4.26. The smallest absolute Gasteiger partial charge is 0.154 e. The number of hydrogen-bond donors (Lipinski definition) is 2. The number of anilines is 1. The molecule has 152 valence electrons. The molecule has 0 aliphatic carbocycles. The Morgan fingerprint density at radius 2 is 2.00 bits per heavy atom. The number of fused-ring (bicyclic) bond motifs is 1. The van der Waals surface area contributed by atoms with Crippen LogP contribution in [0.4, 0.5) is 5.82 Å². The molecule has 3 heterocycles. The summed E-state index contributed by atoms with van der Waals surface area (Å²) in [5.41, 5.74) is 4.01. The predicted octanol–water partition coefficient (Wildman–Crippen LogP) is 4.14. The van der Waals surface area contributed by atoms with E-state index in [1.165, 1.54) is 18.4 Å². The van der Waals surface area contributed by atoms with Crippen LogP contribution < -0.4 is 15.4 Å². The maximum Gasteiger partial charge on any atom is 0.154 e. The molecule has 1 saturated heterocycles. The minimum Gasteiger partial charge on any atom is -0.492 e. The summed E-state index contributed by atoms with van der Waals surface area (Å²) < 4.78 is 7.91. The van der Waals surface area contributed by atoms with Crippen LogP contribution >= 0.6 is 0 Å². The van der Waals surface area contributed by atoms with Crippen molar-refractivity contribution in [2.24, 2.45) is 0 Å². The van der Waals surface area contributed by atoms with Gasteiger partial charge in [0, 0.05) is 18.2 Å². The highest BCUT2D eigenvalue weighted by atomic mass is 16.5. The van der Waals surface area contributed by atoms with Crippen LogP contribution in [-0.4, -0.2) is 33.8 Å². The van der Waals surface area contributed by atoms with Gasteiger partial charge in [-0.15, -0.1) is 5.10 Å². The lowest BCUT2D eigenvalue weighted by Crippen LogP contribution is -2.28. The first-order chi connectivity index (χ1) is 14.8. The van der Waals surface area contributed by atoms with Crippen LogP contribution in [0.15, 0.2) is 72.9 Å². The van der Waals surface area contributed by atoms with Crippen molar-refractivity contribution in [3.63, 3.8) is 0 Å². The Morgan fingerprint density at radius 1 is 1.07 bits per heavy atom. The van der Waals surface area contributed by atoms with E-state index < -0.39 is 0 Å². The number of imidazole rings is 1. The zero-order valence-electron chi connectivity index (χ0n) is 16.8. The molecule has 5 rings (SSSR count). The topological polar surface area (TPSA) is 63.5 Å². The first kappa shape index (κ1) is 18.6. The molecule has 0 saturated carbocycles. The zero-order valence-corrected chi connectivity index (χ0v) is 16.8. The predicted molar refractivity (Wildman–Crippen MR) is 119 cm³/mol. The van der Waals surface area contributed by atoms with Gasteiger partial charge in [-0.25, -0.2) is 9.50 Å². The van der Waals surface area contributed by atoms with Gasteiger partial charge in [0.05, 0.1) is 11.9 Å². The van der Waals surface area contributed by atoms with Crippen LogP contribution in [0, 0.1) is 0 Å². The summed E-state index contributed by atoms with van der Waals surface area (Å²) in [6, 6.07) is 22.8. The molecule has 2 N–H and O–H groups in total. The number of rotatable bonds is 7. The molecule has 1 fully saturated rings. The highest BCUT2D eigenvalue weighted by Gasteiger charge is 2.15. The van der Waals surface area contributed by atoms with Gasteiger partial charge in [-0.1, -0.05) is 42.5 Å². The number of nitrogens with zero attached hydrogens (tertiary/aromatic N) is 3. The van der Waals surface area contributed by atoms with Crippen molar-refractivity contribution in [2.45, 2.75) is 25.4 Å². The minimum atomic E-state index is 0.448. The highest BCUT2D eigenvalue weighted by Crippen LogP contribution is 2.25. The Morgan fingerprint density at radius 3 is 2.87 bits per heavy atom. The molecule has 1 aliphatic heterocycles. The van der Waals surface area contributed by atoms with Crippen molar-refractivity contribution < 1.29 is 4.74 Å². The SMILES string of the molecule is c1ccc(CNc2ccc3ncc(-c4cccc(OC[C@@H]5CCCN5)c4)n3n2)cc1. The van der Waals surface area contributed by atoms with E-state index in [4.69, 9.17) is 9.84 Å². The van der Waals surface area contributed by atoms with Crippen molar-refractivity contribution in [2.75, 3.05) is 18.5 Å². The third-order valence-corrected chi connectivity index (χ3v) is 5.42. The van der Waals surface area contributed by atoms with E-state index in [-0.39, 0.29) is 0 Å². The number of benzene rings is 2. The second kappa shape index (κ2) is 8.55. The van der Waals surface area contributed by atoms with Crippen molar-refractivity contribution in [1.29, 1.82) is 0 Å². The quantitative estimate of drug-likeness (QED) is 0.489. The van der Waals surface area contributed by atoms with Gasteiger partial charge in [-0.05, 0) is 49.2 Å². The number of nitrogens with one attached hydrogen (secondary N) is 2. The normalized spacial score (nSPS) is 16.1. The van der Waals surface area contributed by atoms with Crippen molar-refractivity contribution >= 4 is 11.5 Å². The standard InChI is InChI=1S/C24H25N5O/c1-2-6-18(7-3-1)15-26-23-11-12-24-27-16-22(29(24)28-23)19-8-4-10-21(14-19)30-17-20-9-5-13-25-20/h1-4,6-8,10-12,14,16,20,25H,5,9,13,15,17H2,(H,26,28)/t20-/m0/s1. The van der Waals surface area contributed by atoms with E-state index in [1.807, 2.05) is 53.2 Å². The molecule has 1 atom stereocenters. The fraction of sp³-hybridized carbons (Fsp3) is 0.250. The second-order valence-corrected chi connectivity index (χ2v) is 7.60. The average molecular weight is 399 g/mol. The summed E-state index contributed by atoms with van der Waals surface area (Å²) in [4.78, 5) is 4.51. The average Bonchev–Trinajstić information content (AvgIpc) is 3.47. The molecule has 0 radical (unpaired) electrons. The molecule has 4 aromatic rings. The molecule has 6 nitrogen and oxygen atoms in total. The zero-order chi connectivity index (χ0) is 20.2. The second-order valence-electron chi connectivity index (χ2n) is 7.60. The maximum absolute atomic E-state index is 6.03. The molecule has 2 aromatic carbocycles. The molecule has 0 unspecified atom stereocenters. The lowest BCUT2D eigenvalue weighted by molar-refractivity contribution is 0.277. The van der Waals surface area contributed by atoms with Gasteiger partial charge < -0.3 is 15.4 Å². The third kappa shape index (κ3) is 4.14. The lowest BCUT2D eigenvalue weighted by Gasteiger charge is -2.13. The van der Waals surface area contributed by atoms with Crippen LogP contribution in [0.1, 0.15) is 18.4 Å². The van der Waals surface area contributed by atoms with E-state index >= 15 is 0 Å². The largest absolute Gasteiger partial charge is 0.492 e. The van der Waals surface area contributed by atoms with Gasteiger partial charge in [0.1, 0.15) is 18.2 Å². The molecule has 2 aromatic heterocycles. The molecule has 30 heavy (non-hydrogen) atoms. The van der Waals surface area contributed by atoms with Crippen molar-refractivity contribution in [1.82, 2.24) is 19.9 Å². The fourth-order valence-electron chi connectivity index (χ4n) is 3.79. The Hall–Kier alpha value is -3.38. The van der Waals surface area contributed by atoms with E-state index in [1.54, 1.807) is 0 Å². The van der Waals surface area contributed by atoms with Crippen LogP contribution in [0.3, 0.4) is 0 Å². The lowest BCUT2D eigenvalue weighted by atomic mass is 10.1. The van der Waals surface area contributed by atoms with Gasteiger partial charge in [-0.2, -0.15) is 0 Å². The molecular formula is C24H25N5O. The van der Waals surface area contributed by atoms with E-state index in [0.717, 1.165) is 41.6 Å². The van der Waals surface area contributed by atoms with E-state index in [2.05, 4.69) is 39.9 Å². The highest BCUT2D eigenvalue weighted by molar-refractivity contribution is 5.65. The first-order valence-corrected chi connectivity index (χ1v) is 10.4. The van der Waals surface area contributed by atoms with Gasteiger partial charge in [0.25, 0.3) is 0 Å². The summed E-state index contributed by atoms with van der Waals surface area (Å²) in [6.45, 7) is 2.51. The molecule has 0 spiro atoms. The minimum absolute atomic E-state index is 0.448. The Kier molecular flexibility index (Phi) is 5.31. The fourth-order valence-corrected chi connectivity index (χ4v) is 3.79. The first-order valence-electron chi connectivity index (χ1n) is 10.4. The monoisotopic (exact) mass is 399 g/mol. The van der Waals surface area contributed by atoms with Crippen LogP contribution in [0.25, 0.3) is 16.9 Å². The number of hydrogen-bond acceptors (Lipinski definition) is 5. The van der Waals surface area contributed by atoms with Crippen LogP contribution in [0.2, 0.25) is 0 Å². The van der Waals surface area contributed by atoms with Crippen LogP contribution in [-0.2, 0) is 6.54 Å². The van der Waals surface area contributed by atoms with Gasteiger partial charge in [0.2, 0.25) is 0 Å². The Labute approximate surface area is 175 Å². The van der Waals surface area contributed by atoms with E-state index in [9.17, 15) is 0 Å². The summed E-state index contributed by atoms with van der Waals surface area (Å²) >= 11 is 0. The Bertz CT molecular complexity index is 1120. The number of ether oxygens (including phenoxy) is 1. The van der Waals surface area contributed by atoms with Crippen molar-refractivity contribution in [3.8, 4) is 17.0 Å². The molecule has 6 heteroatoms. The third-order valence-electron chi connectivity index (χ3n) is 5.42. The van der Waals surface area contributed by atoms with Gasteiger partial charge in [-0.3, -0.25) is 0 Å². The summed E-state index contributed by atoms with van der Waals surface area (Å²) in [7, 11) is 0. The van der Waals surface area contributed by atoms with Crippen LogP contribution in [0.5, 0.6) is 5.75 Å². The van der Waals surface area contributed by atoms with Crippen molar-refractivity contribution in [3.05, 3.63) is 78.5 Å². The summed E-state index contributed by atoms with van der Waals surface area (Å²) in [5.74, 6) is 1.68. The number of aromatic nitrogens is 3. The van der Waals surface area contributed by atoms with E-state index in [0.29, 0.717) is 12.6 Å². The molecule has 0 amide bonds. The van der Waals surface area contributed by atoms with Gasteiger partial charge in [0.15, 0.2) is 5.65 Å². The maximum atomic E-state index is 6.03. The summed E-state index contributed by atoms with van der Waals surface area (Å²) in [5, 5.41) is 11.6. The Balaban J connectivity index is 1.35. The van der Waals surface area contributed by atoms with Gasteiger partial charge >= 0.3 is 0 Å². The molecular weight excluding hydrogens is 374 g/mol. The molecule has 1 aliphatic rings.